The van der Waals surface area contributed by atoms with Gasteiger partial charge in [0.05, 0.1) is 18.6 Å². The van der Waals surface area contributed by atoms with Crippen LogP contribution in [0.4, 0.5) is 0 Å². The van der Waals surface area contributed by atoms with Gasteiger partial charge in [0.15, 0.2) is 0 Å². The van der Waals surface area contributed by atoms with E-state index in [9.17, 15) is 9.90 Å². The maximum absolute atomic E-state index is 12.9. The number of nitrogens with zero attached hydrogens (tertiary/aromatic N) is 1. The van der Waals surface area contributed by atoms with Crippen LogP contribution in [-0.2, 0) is 21.7 Å². The monoisotopic (exact) mass is 528 g/mol. The Labute approximate surface area is 232 Å². The number of nitrogens with one attached hydrogen (secondary N) is 1. The van der Waals surface area contributed by atoms with Crippen LogP contribution < -0.4 is 10.1 Å². The molecule has 6 rings (SSSR count). The molecule has 0 aromatic heterocycles. The molecule has 3 aromatic rings. The highest BCUT2D eigenvalue weighted by atomic mass is 16.5. The van der Waals surface area contributed by atoms with Gasteiger partial charge in [-0.3, -0.25) is 9.69 Å². The zero-order valence-corrected chi connectivity index (χ0v) is 23.3. The first-order valence-corrected chi connectivity index (χ1v) is 13.9. The molecule has 3 aliphatic rings. The van der Waals surface area contributed by atoms with E-state index in [0.29, 0.717) is 6.54 Å². The summed E-state index contributed by atoms with van der Waals surface area (Å²) >= 11 is 0. The Morgan fingerprint density at radius 3 is 2.23 bits per heavy atom. The lowest BCUT2D eigenvalue weighted by Crippen LogP contribution is -2.67. The molecule has 3 saturated heterocycles. The van der Waals surface area contributed by atoms with Gasteiger partial charge in [-0.05, 0) is 61.6 Å². The Hall–Kier alpha value is -3.19. The molecule has 6 heteroatoms. The molecule has 0 aliphatic carbocycles. The van der Waals surface area contributed by atoms with Crippen molar-refractivity contribution in [3.8, 4) is 5.75 Å². The van der Waals surface area contributed by atoms with E-state index in [1.54, 1.807) is 14.2 Å². The van der Waals surface area contributed by atoms with Crippen molar-refractivity contribution in [3.05, 3.63) is 101 Å². The predicted octanol–water partition coefficient (Wildman–Crippen LogP) is 5.27. The van der Waals surface area contributed by atoms with Crippen LogP contribution in [0, 0.1) is 11.8 Å². The number of hydrogen-bond donors (Lipinski definition) is 2. The first-order chi connectivity index (χ1) is 18.8. The number of rotatable bonds is 10. The van der Waals surface area contributed by atoms with Gasteiger partial charge in [0.2, 0.25) is 0 Å². The van der Waals surface area contributed by atoms with Gasteiger partial charge in [0.1, 0.15) is 5.75 Å². The largest absolute Gasteiger partial charge is 0.496 e. The average Bonchev–Trinajstić information content (AvgIpc) is 2.97. The smallest absolute Gasteiger partial charge is 0.308 e. The van der Waals surface area contributed by atoms with Gasteiger partial charge in [-0.2, -0.15) is 0 Å². The molecule has 0 amide bonds. The van der Waals surface area contributed by atoms with E-state index in [1.165, 1.54) is 11.1 Å². The fourth-order valence-electron chi connectivity index (χ4n) is 6.70. The lowest BCUT2D eigenvalue weighted by molar-refractivity contribution is -0.155. The molecule has 3 heterocycles. The number of hydrogen-bond acceptors (Lipinski definition) is 5. The highest BCUT2D eigenvalue weighted by Gasteiger charge is 2.53. The van der Waals surface area contributed by atoms with Crippen LogP contribution in [-0.4, -0.2) is 55.4 Å². The van der Waals surface area contributed by atoms with Crippen molar-refractivity contribution in [2.75, 3.05) is 27.3 Å². The standard InChI is InChI=1S/C33H40N2O4/c1-33(2,39-4)25-15-16-28(38-3)24(19-25)20-34-27-21-35-18-17-26(27)30(32(36)37)31(35)29(22-11-7-5-8-12-22)23-13-9-6-10-14-23/h5-16,19,26-27,29-31,34H,17-18,20-21H2,1-4H3,(H,36,37)/t26-,27+,30+,31+/m1/s1. The van der Waals surface area contributed by atoms with E-state index in [2.05, 4.69) is 40.5 Å². The molecule has 2 bridgehead atoms. The maximum atomic E-state index is 12.9. The minimum absolute atomic E-state index is 0.00898. The van der Waals surface area contributed by atoms with Crippen molar-refractivity contribution in [2.24, 2.45) is 11.8 Å². The minimum Gasteiger partial charge on any atom is -0.496 e. The number of ether oxygens (including phenoxy) is 2. The summed E-state index contributed by atoms with van der Waals surface area (Å²) in [6.45, 7) is 6.43. The average molecular weight is 529 g/mol. The van der Waals surface area contributed by atoms with Crippen molar-refractivity contribution in [2.45, 2.75) is 50.4 Å². The van der Waals surface area contributed by atoms with E-state index in [1.807, 2.05) is 62.4 Å². The topological polar surface area (TPSA) is 71.0 Å². The van der Waals surface area contributed by atoms with E-state index in [0.717, 1.165) is 36.4 Å². The van der Waals surface area contributed by atoms with Gasteiger partial charge in [-0.25, -0.2) is 0 Å². The van der Waals surface area contributed by atoms with Gasteiger partial charge in [0.25, 0.3) is 0 Å². The summed E-state index contributed by atoms with van der Waals surface area (Å²) in [5, 5.41) is 14.4. The van der Waals surface area contributed by atoms with Gasteiger partial charge in [-0.15, -0.1) is 0 Å². The van der Waals surface area contributed by atoms with E-state index < -0.39 is 17.5 Å². The lowest BCUT2D eigenvalue weighted by atomic mass is 9.65. The molecule has 0 spiro atoms. The summed E-state index contributed by atoms with van der Waals surface area (Å²) < 4.78 is 11.4. The summed E-state index contributed by atoms with van der Waals surface area (Å²) in [6.07, 6.45) is 0.870. The number of benzene rings is 3. The predicted molar refractivity (Wildman–Crippen MR) is 153 cm³/mol. The fourth-order valence-corrected chi connectivity index (χ4v) is 6.70. The van der Waals surface area contributed by atoms with Crippen molar-refractivity contribution in [1.82, 2.24) is 10.2 Å². The molecular formula is C33H40N2O4. The Kier molecular flexibility index (Phi) is 8.08. The molecule has 3 aromatic carbocycles. The van der Waals surface area contributed by atoms with Crippen molar-refractivity contribution < 1.29 is 19.4 Å². The van der Waals surface area contributed by atoms with E-state index in [4.69, 9.17) is 9.47 Å². The molecule has 3 fully saturated rings. The van der Waals surface area contributed by atoms with Crippen LogP contribution >= 0.6 is 0 Å². The third-order valence-electron chi connectivity index (χ3n) is 8.93. The molecule has 0 saturated carbocycles. The fraction of sp³-hybridized carbons (Fsp3) is 0.424. The Bertz CT molecular complexity index is 1220. The van der Waals surface area contributed by atoms with Crippen molar-refractivity contribution >= 4 is 5.97 Å². The van der Waals surface area contributed by atoms with Crippen LogP contribution in [0.5, 0.6) is 5.75 Å². The van der Waals surface area contributed by atoms with Crippen LogP contribution in [0.1, 0.15) is 48.4 Å². The molecule has 6 nitrogen and oxygen atoms in total. The molecular weight excluding hydrogens is 488 g/mol. The van der Waals surface area contributed by atoms with Gasteiger partial charge in [-0.1, -0.05) is 66.7 Å². The Balaban J connectivity index is 1.43. The first-order valence-electron chi connectivity index (χ1n) is 13.9. The first kappa shape index (κ1) is 27.4. The SMILES string of the molecule is COc1ccc(C(C)(C)OC)cc1CN[C@H]1CN2CC[C@H]1[C@H](C(=O)O)[C@@H]2C(c1ccccc1)c1ccccc1. The summed E-state index contributed by atoms with van der Waals surface area (Å²) in [7, 11) is 3.41. The number of piperidine rings is 3. The van der Waals surface area contributed by atoms with Gasteiger partial charge < -0.3 is 19.9 Å². The summed E-state index contributed by atoms with van der Waals surface area (Å²) in [5.74, 6) is -0.335. The molecule has 5 atom stereocenters. The van der Waals surface area contributed by atoms with Gasteiger partial charge in [0, 0.05) is 43.8 Å². The number of carbonyl (C=O) groups is 1. The second kappa shape index (κ2) is 11.5. The highest BCUT2D eigenvalue weighted by molar-refractivity contribution is 5.72. The van der Waals surface area contributed by atoms with Crippen LogP contribution in [0.2, 0.25) is 0 Å². The summed E-state index contributed by atoms with van der Waals surface area (Å²) in [4.78, 5) is 15.4. The number of methoxy groups -OCH3 is 2. The van der Waals surface area contributed by atoms with Crippen molar-refractivity contribution in [1.29, 1.82) is 0 Å². The number of carboxylic acid groups (broad SMARTS) is 1. The maximum Gasteiger partial charge on any atom is 0.308 e. The molecule has 206 valence electrons. The third-order valence-corrected chi connectivity index (χ3v) is 8.93. The second-order valence-electron chi connectivity index (χ2n) is 11.3. The molecule has 1 unspecified atom stereocenters. The van der Waals surface area contributed by atoms with Crippen LogP contribution in [0.3, 0.4) is 0 Å². The number of fused-ring (bicyclic) bond motifs is 3. The van der Waals surface area contributed by atoms with Crippen molar-refractivity contribution in [3.63, 3.8) is 0 Å². The lowest BCUT2D eigenvalue weighted by Gasteiger charge is -2.55. The minimum atomic E-state index is -0.709. The van der Waals surface area contributed by atoms with E-state index in [-0.39, 0.29) is 23.9 Å². The highest BCUT2D eigenvalue weighted by Crippen LogP contribution is 2.46. The molecule has 39 heavy (non-hydrogen) atoms. The van der Waals surface area contributed by atoms with Gasteiger partial charge >= 0.3 is 5.97 Å². The zero-order valence-electron chi connectivity index (χ0n) is 23.3. The van der Waals surface area contributed by atoms with Crippen LogP contribution in [0.15, 0.2) is 78.9 Å². The second-order valence-corrected chi connectivity index (χ2v) is 11.3. The Morgan fingerprint density at radius 2 is 1.67 bits per heavy atom. The normalized spacial score (nSPS) is 24.6. The van der Waals surface area contributed by atoms with Crippen LogP contribution in [0.25, 0.3) is 0 Å². The molecule has 2 N–H and O–H groups in total. The third kappa shape index (κ3) is 5.46. The zero-order chi connectivity index (χ0) is 27.6. The summed E-state index contributed by atoms with van der Waals surface area (Å²) in [6, 6.07) is 26.9. The molecule has 0 radical (unpaired) electrons. The summed E-state index contributed by atoms with van der Waals surface area (Å²) in [5.41, 5.74) is 4.04. The Morgan fingerprint density at radius 1 is 1.03 bits per heavy atom. The molecule has 3 aliphatic heterocycles. The number of aliphatic carboxylic acids is 1. The van der Waals surface area contributed by atoms with E-state index >= 15 is 0 Å². The quantitative estimate of drug-likeness (QED) is 0.374. The number of carboxylic acids is 1.